The first-order valence-electron chi connectivity index (χ1n) is 12.3. The van der Waals surface area contributed by atoms with Crippen LogP contribution in [0.15, 0.2) is 29.7 Å². The maximum Gasteiger partial charge on any atom is 0.326 e. The van der Waals surface area contributed by atoms with Crippen LogP contribution in [0.2, 0.25) is 0 Å². The van der Waals surface area contributed by atoms with Crippen LogP contribution >= 0.6 is 6.72 Å². The Labute approximate surface area is 238 Å². The Morgan fingerprint density at radius 1 is 1.26 bits per heavy atom. The van der Waals surface area contributed by atoms with Gasteiger partial charge in [0.25, 0.3) is 5.56 Å². The summed E-state index contributed by atoms with van der Waals surface area (Å²) in [5, 5.41) is 20.6. The molecule has 21 heteroatoms. The molecule has 2 saturated heterocycles. The van der Waals surface area contributed by atoms with Crippen molar-refractivity contribution in [3.05, 3.63) is 35.3 Å². The number of anilines is 2. The van der Waals surface area contributed by atoms with Crippen molar-refractivity contribution in [3.63, 3.8) is 0 Å². The summed E-state index contributed by atoms with van der Waals surface area (Å²) in [6.45, 7) is -6.53. The number of aliphatic hydroxyl groups is 2. The second-order valence-electron chi connectivity index (χ2n) is 9.59. The summed E-state index contributed by atoms with van der Waals surface area (Å²) in [5.74, 6) is -0.150. The van der Waals surface area contributed by atoms with E-state index in [0.717, 1.165) is 10.9 Å². The highest BCUT2D eigenvalue weighted by Crippen LogP contribution is 2.54. The van der Waals surface area contributed by atoms with Gasteiger partial charge in [0.15, 0.2) is 29.7 Å². The summed E-state index contributed by atoms with van der Waals surface area (Å²) in [4.78, 5) is 41.5. The SMILES string of the molecule is Nc1nc2c(ncn2[C@@]2(OP(O)(=S)OC[C@H]3O[C@@H](n4ccc5c(N)ncnc54)[C@@H](F)[C@@H]3O)CO[C@H](CO)[C@@H]2F)c(=O)[nH]1. The van der Waals surface area contributed by atoms with Crippen molar-refractivity contribution in [2.45, 2.75) is 42.6 Å². The van der Waals surface area contributed by atoms with E-state index < -0.39 is 74.7 Å². The molecule has 0 radical (unpaired) electrons. The van der Waals surface area contributed by atoms with Gasteiger partial charge in [0, 0.05) is 6.20 Å². The normalized spacial score (nSPS) is 31.3. The van der Waals surface area contributed by atoms with Crippen molar-refractivity contribution in [2.24, 2.45) is 0 Å². The van der Waals surface area contributed by atoms with Crippen molar-refractivity contribution >= 4 is 52.5 Å². The molecule has 17 nitrogen and oxygen atoms in total. The van der Waals surface area contributed by atoms with Crippen molar-refractivity contribution in [1.29, 1.82) is 0 Å². The number of hydrogen-bond acceptors (Lipinski definition) is 14. The molecule has 0 spiro atoms. The lowest BCUT2D eigenvalue weighted by atomic mass is 10.1. The fourth-order valence-corrected chi connectivity index (χ4v) is 6.61. The number of hydrogen-bond donors (Lipinski definition) is 6. The first-order chi connectivity index (χ1) is 20.0. The molecule has 4 aromatic heterocycles. The first kappa shape index (κ1) is 28.9. The van der Waals surface area contributed by atoms with Crippen LogP contribution < -0.4 is 17.0 Å². The van der Waals surface area contributed by atoms with Crippen LogP contribution in [0.4, 0.5) is 20.5 Å². The number of nitrogen functional groups attached to an aromatic ring is 2. The second-order valence-corrected chi connectivity index (χ2v) is 12.4. The minimum absolute atomic E-state index is 0.165. The summed E-state index contributed by atoms with van der Waals surface area (Å²) < 4.78 is 55.4. The van der Waals surface area contributed by atoms with E-state index in [0.29, 0.717) is 5.39 Å². The monoisotopic (exact) mass is 631 g/mol. The van der Waals surface area contributed by atoms with E-state index in [-0.39, 0.29) is 28.6 Å². The highest BCUT2D eigenvalue weighted by atomic mass is 32.5. The van der Waals surface area contributed by atoms with Gasteiger partial charge in [-0.3, -0.25) is 18.9 Å². The zero-order chi connectivity index (χ0) is 30.0. The number of fused-ring (bicyclic) bond motifs is 2. The number of alkyl halides is 2. The number of aliphatic hydroxyl groups excluding tert-OH is 2. The fraction of sp³-hybridized carbons (Fsp3) is 0.476. The van der Waals surface area contributed by atoms with Crippen LogP contribution in [0.1, 0.15) is 6.23 Å². The highest BCUT2D eigenvalue weighted by molar-refractivity contribution is 8.07. The van der Waals surface area contributed by atoms with E-state index in [1.807, 2.05) is 0 Å². The molecule has 226 valence electrons. The molecule has 42 heavy (non-hydrogen) atoms. The maximum absolute atomic E-state index is 15.8. The van der Waals surface area contributed by atoms with Crippen molar-refractivity contribution in [2.75, 3.05) is 31.3 Å². The van der Waals surface area contributed by atoms with Gasteiger partial charge in [-0.25, -0.2) is 23.7 Å². The molecule has 2 aliphatic rings. The third-order valence-corrected chi connectivity index (χ3v) is 8.62. The Hall–Kier alpha value is -3.20. The number of nitrogens with one attached hydrogen (secondary N) is 1. The Balaban J connectivity index is 1.25. The number of ether oxygens (including phenoxy) is 2. The molecule has 6 heterocycles. The maximum atomic E-state index is 15.8. The number of nitrogens with two attached hydrogens (primary N) is 2. The van der Waals surface area contributed by atoms with Crippen LogP contribution in [0.3, 0.4) is 0 Å². The molecule has 4 aromatic rings. The number of aromatic amines is 1. The molecule has 1 unspecified atom stereocenters. The van der Waals surface area contributed by atoms with E-state index >= 15 is 8.78 Å². The topological polar surface area (TPSA) is 244 Å². The van der Waals surface area contributed by atoms with Gasteiger partial charge in [-0.2, -0.15) is 4.98 Å². The van der Waals surface area contributed by atoms with Gasteiger partial charge in [0.1, 0.15) is 36.1 Å². The lowest BCUT2D eigenvalue weighted by Gasteiger charge is -2.34. The van der Waals surface area contributed by atoms with Gasteiger partial charge in [-0.15, -0.1) is 0 Å². The third kappa shape index (κ3) is 4.64. The highest BCUT2D eigenvalue weighted by Gasteiger charge is 2.57. The molecular weight excluding hydrogens is 607 g/mol. The van der Waals surface area contributed by atoms with Crippen molar-refractivity contribution < 1.29 is 42.4 Å². The molecule has 0 amide bonds. The number of H-pyrrole nitrogens is 1. The number of imidazole rings is 1. The van der Waals surface area contributed by atoms with Gasteiger partial charge in [-0.05, 0) is 17.9 Å². The summed E-state index contributed by atoms with van der Waals surface area (Å²) in [7, 11) is 0. The van der Waals surface area contributed by atoms with Crippen molar-refractivity contribution in [1.82, 2.24) is 34.1 Å². The van der Waals surface area contributed by atoms with E-state index in [1.165, 1.54) is 17.1 Å². The number of rotatable bonds is 8. The zero-order valence-corrected chi connectivity index (χ0v) is 22.9. The molecule has 2 fully saturated rings. The zero-order valence-electron chi connectivity index (χ0n) is 21.2. The Morgan fingerprint density at radius 3 is 2.79 bits per heavy atom. The molecule has 6 rings (SSSR count). The second kappa shape index (κ2) is 10.5. The Morgan fingerprint density at radius 2 is 2.05 bits per heavy atom. The molecule has 2 aliphatic heterocycles. The predicted molar refractivity (Wildman–Crippen MR) is 143 cm³/mol. The molecule has 0 saturated carbocycles. The van der Waals surface area contributed by atoms with E-state index in [4.69, 9.17) is 41.8 Å². The Kier molecular flexibility index (Phi) is 7.23. The van der Waals surface area contributed by atoms with E-state index in [9.17, 15) is 19.9 Å². The van der Waals surface area contributed by atoms with Gasteiger partial charge < -0.3 is 45.1 Å². The predicted octanol–water partition coefficient (Wildman–Crippen LogP) is -1.04. The minimum atomic E-state index is -4.47. The molecule has 8 N–H and O–H groups in total. The largest absolute Gasteiger partial charge is 0.394 e. The fourth-order valence-electron chi connectivity index (χ4n) is 5.01. The standard InChI is InChI=1S/C21H24F2N9O8PS/c22-11-13(34)10(39-19(11)31-2-1-8-15(24)26-6-27-16(8)31)4-38-41(36,42)40-21(5-37-9(3-33)14(21)23)32-7-28-12-17(32)29-20(25)30-18(12)35/h1-2,6-7,9-11,13-14,19,33-34H,3-5H2,(H,36,42)(H2,24,26,27)(H3,25,29,30,35)/t9-,10-,11+,13-,14+,19-,21-,41?/m1/s1. The van der Waals surface area contributed by atoms with Crippen LogP contribution in [0, 0.1) is 0 Å². The summed E-state index contributed by atoms with van der Waals surface area (Å²) in [5.41, 5.74) is 8.25. The number of nitrogens with zero attached hydrogens (tertiary/aromatic N) is 6. The molecule has 0 aromatic carbocycles. The number of halogens is 2. The number of aromatic nitrogens is 7. The molecule has 0 aliphatic carbocycles. The van der Waals surface area contributed by atoms with Crippen LogP contribution in [-0.2, 0) is 36.1 Å². The van der Waals surface area contributed by atoms with Crippen LogP contribution in [0.5, 0.6) is 0 Å². The van der Waals surface area contributed by atoms with Crippen molar-refractivity contribution in [3.8, 4) is 0 Å². The van der Waals surface area contributed by atoms with Crippen LogP contribution in [-0.4, -0.2) is 99.6 Å². The summed E-state index contributed by atoms with van der Waals surface area (Å²) in [6, 6.07) is 1.56. The van der Waals surface area contributed by atoms with E-state index in [1.54, 1.807) is 6.07 Å². The first-order valence-corrected chi connectivity index (χ1v) is 14.9. The van der Waals surface area contributed by atoms with Gasteiger partial charge in [0.05, 0.1) is 31.5 Å². The molecule has 0 bridgehead atoms. The quantitative estimate of drug-likeness (QED) is 0.127. The Bertz CT molecular complexity index is 1760. The summed E-state index contributed by atoms with van der Waals surface area (Å²) in [6.07, 6.45) is -6.30. The van der Waals surface area contributed by atoms with Gasteiger partial charge >= 0.3 is 6.72 Å². The van der Waals surface area contributed by atoms with E-state index in [2.05, 4.69) is 24.9 Å². The average molecular weight is 632 g/mol. The molecular formula is C21H24F2N9O8PS. The average Bonchev–Trinajstić information content (AvgIpc) is 3.70. The van der Waals surface area contributed by atoms with Crippen LogP contribution in [0.25, 0.3) is 22.2 Å². The lowest BCUT2D eigenvalue weighted by molar-refractivity contribution is -0.0778. The lowest BCUT2D eigenvalue weighted by Crippen LogP contribution is -2.46. The molecule has 8 atom stereocenters. The smallest absolute Gasteiger partial charge is 0.326 e. The van der Waals surface area contributed by atoms with Gasteiger partial charge in [0.2, 0.25) is 11.7 Å². The summed E-state index contributed by atoms with van der Waals surface area (Å²) >= 11 is 5.14. The third-order valence-electron chi connectivity index (χ3n) is 7.06. The minimum Gasteiger partial charge on any atom is -0.394 e. The van der Waals surface area contributed by atoms with Gasteiger partial charge in [-0.1, -0.05) is 0 Å².